The van der Waals surface area contributed by atoms with Gasteiger partial charge in [0, 0.05) is 19.6 Å². The highest BCUT2D eigenvalue weighted by Crippen LogP contribution is 2.32. The first kappa shape index (κ1) is 13.4. The summed E-state index contributed by atoms with van der Waals surface area (Å²) in [5, 5.41) is 9.58. The first-order chi connectivity index (χ1) is 9.56. The number of rotatable bonds is 4. The third-order valence-corrected chi connectivity index (χ3v) is 4.87. The molecule has 1 saturated heterocycles. The second kappa shape index (κ2) is 5.05. The van der Waals surface area contributed by atoms with Gasteiger partial charge in [0.1, 0.15) is 4.88 Å². The maximum Gasteiger partial charge on any atom is 0.347 e. The Kier molecular flexibility index (Phi) is 3.37. The van der Waals surface area contributed by atoms with Crippen molar-refractivity contribution in [2.45, 2.75) is 26.2 Å². The van der Waals surface area contributed by atoms with Crippen molar-refractivity contribution >= 4 is 28.5 Å². The molecule has 1 saturated carbocycles. The molecule has 1 N–H and O–H groups in total. The number of hydrogen-bond acceptors (Lipinski definition) is 4. The van der Waals surface area contributed by atoms with Crippen LogP contribution in [0.4, 0.5) is 9.93 Å². The number of amides is 2. The summed E-state index contributed by atoms with van der Waals surface area (Å²) in [6, 6.07) is -0.0335. The zero-order chi connectivity index (χ0) is 14.3. The highest BCUT2D eigenvalue weighted by Gasteiger charge is 2.33. The Morgan fingerprint density at radius 2 is 2.20 bits per heavy atom. The van der Waals surface area contributed by atoms with Gasteiger partial charge in [0.2, 0.25) is 0 Å². The molecule has 20 heavy (non-hydrogen) atoms. The van der Waals surface area contributed by atoms with Crippen LogP contribution in [-0.4, -0.2) is 46.6 Å². The van der Waals surface area contributed by atoms with Crippen molar-refractivity contribution in [2.24, 2.45) is 5.92 Å². The molecule has 0 bridgehead atoms. The summed E-state index contributed by atoms with van der Waals surface area (Å²) in [6.45, 7) is 3.90. The third kappa shape index (κ3) is 2.49. The van der Waals surface area contributed by atoms with E-state index in [-0.39, 0.29) is 10.9 Å². The van der Waals surface area contributed by atoms with Crippen LogP contribution >= 0.6 is 11.3 Å². The van der Waals surface area contributed by atoms with Crippen molar-refractivity contribution < 1.29 is 14.7 Å². The minimum absolute atomic E-state index is 0.0335. The molecule has 1 aromatic heterocycles. The van der Waals surface area contributed by atoms with Crippen molar-refractivity contribution in [2.75, 3.05) is 24.5 Å². The van der Waals surface area contributed by atoms with Gasteiger partial charge < -0.3 is 10.0 Å². The molecule has 0 aromatic carbocycles. The van der Waals surface area contributed by atoms with E-state index in [4.69, 9.17) is 5.11 Å². The van der Waals surface area contributed by atoms with Crippen LogP contribution in [-0.2, 0) is 0 Å². The number of urea groups is 1. The fourth-order valence-electron chi connectivity index (χ4n) is 2.44. The van der Waals surface area contributed by atoms with E-state index in [1.807, 2.05) is 4.90 Å². The fourth-order valence-corrected chi connectivity index (χ4v) is 3.36. The Morgan fingerprint density at radius 3 is 2.80 bits per heavy atom. The number of carbonyl (C=O) groups is 2. The topological polar surface area (TPSA) is 73.7 Å². The first-order valence-electron chi connectivity index (χ1n) is 6.83. The van der Waals surface area contributed by atoms with Gasteiger partial charge in [-0.1, -0.05) is 11.3 Å². The number of carboxylic acid groups (broad SMARTS) is 1. The summed E-state index contributed by atoms with van der Waals surface area (Å²) >= 11 is 1.08. The summed E-state index contributed by atoms with van der Waals surface area (Å²) in [7, 11) is 0. The number of nitrogens with zero attached hydrogens (tertiary/aromatic N) is 3. The quantitative estimate of drug-likeness (QED) is 0.924. The van der Waals surface area contributed by atoms with Gasteiger partial charge in [-0.25, -0.2) is 14.6 Å². The summed E-state index contributed by atoms with van der Waals surface area (Å²) < 4.78 is 0. The monoisotopic (exact) mass is 295 g/mol. The Morgan fingerprint density at radius 1 is 1.45 bits per heavy atom. The van der Waals surface area contributed by atoms with E-state index in [2.05, 4.69) is 4.98 Å². The van der Waals surface area contributed by atoms with Crippen molar-refractivity contribution in [3.63, 3.8) is 0 Å². The molecule has 6 nitrogen and oxygen atoms in total. The van der Waals surface area contributed by atoms with Gasteiger partial charge in [-0.15, -0.1) is 0 Å². The lowest BCUT2D eigenvalue weighted by Gasteiger charge is -2.34. The van der Waals surface area contributed by atoms with E-state index in [1.165, 1.54) is 12.8 Å². The van der Waals surface area contributed by atoms with Crippen molar-refractivity contribution in [1.29, 1.82) is 0 Å². The molecular formula is C13H17N3O3S. The van der Waals surface area contributed by atoms with Crippen molar-refractivity contribution in [1.82, 2.24) is 9.88 Å². The molecule has 0 atom stereocenters. The molecule has 0 spiro atoms. The molecule has 0 radical (unpaired) electrons. The molecule has 1 aromatic rings. The van der Waals surface area contributed by atoms with Crippen LogP contribution in [0.5, 0.6) is 0 Å². The van der Waals surface area contributed by atoms with Gasteiger partial charge in [0.05, 0.1) is 5.69 Å². The van der Waals surface area contributed by atoms with Crippen molar-refractivity contribution in [3.05, 3.63) is 10.6 Å². The van der Waals surface area contributed by atoms with Crippen LogP contribution in [0.2, 0.25) is 0 Å². The summed E-state index contributed by atoms with van der Waals surface area (Å²) in [5.74, 6) is -0.322. The Bertz CT molecular complexity index is 553. The fraction of sp³-hybridized carbons (Fsp3) is 0.615. The summed E-state index contributed by atoms with van der Waals surface area (Å²) in [4.78, 5) is 31.5. The number of aromatic nitrogens is 1. The number of carbonyl (C=O) groups excluding carboxylic acids is 1. The average Bonchev–Trinajstić information content (AvgIpc) is 3.12. The zero-order valence-electron chi connectivity index (χ0n) is 11.3. The maximum atomic E-state index is 12.5. The maximum absolute atomic E-state index is 12.5. The van der Waals surface area contributed by atoms with Crippen LogP contribution in [0, 0.1) is 12.8 Å². The Balaban J connectivity index is 1.79. The lowest BCUT2D eigenvalue weighted by molar-refractivity contribution is 0.0701. The predicted octanol–water partition coefficient (Wildman–Crippen LogP) is 2.19. The molecule has 2 aliphatic rings. The number of carboxylic acids is 1. The van der Waals surface area contributed by atoms with Crippen LogP contribution < -0.4 is 4.90 Å². The normalized spacial score (nSPS) is 19.6. The standard InChI is InChI=1S/C13H17N3O3S/c1-8-10(11(17)18)20-12(14-8)16-6-2-5-15(13(16)19)7-9-3-4-9/h9H,2-7H2,1H3,(H,17,18). The smallest absolute Gasteiger partial charge is 0.347 e. The van der Waals surface area contributed by atoms with Gasteiger partial charge in [0.25, 0.3) is 0 Å². The van der Waals surface area contributed by atoms with Gasteiger partial charge in [0.15, 0.2) is 5.13 Å². The number of hydrogen-bond donors (Lipinski definition) is 1. The van der Waals surface area contributed by atoms with E-state index in [0.717, 1.165) is 30.8 Å². The lowest BCUT2D eigenvalue weighted by Crippen LogP contribution is -2.50. The Hall–Kier alpha value is -1.63. The minimum Gasteiger partial charge on any atom is -0.477 e. The predicted molar refractivity (Wildman–Crippen MR) is 75.5 cm³/mol. The van der Waals surface area contributed by atoms with Gasteiger partial charge >= 0.3 is 12.0 Å². The molecule has 108 valence electrons. The van der Waals surface area contributed by atoms with E-state index in [0.29, 0.717) is 23.3 Å². The molecule has 1 aliphatic heterocycles. The van der Waals surface area contributed by atoms with Crippen LogP contribution in [0.1, 0.15) is 34.6 Å². The third-order valence-electron chi connectivity index (χ3n) is 3.70. The van der Waals surface area contributed by atoms with E-state index in [9.17, 15) is 9.59 Å². The van der Waals surface area contributed by atoms with E-state index < -0.39 is 5.97 Å². The summed E-state index contributed by atoms with van der Waals surface area (Å²) in [6.07, 6.45) is 3.33. The molecule has 1 aliphatic carbocycles. The molecule has 7 heteroatoms. The molecule has 3 rings (SSSR count). The lowest BCUT2D eigenvalue weighted by atomic mass is 10.2. The average molecular weight is 295 g/mol. The van der Waals surface area contributed by atoms with E-state index >= 15 is 0 Å². The number of thiazole rings is 1. The van der Waals surface area contributed by atoms with Crippen molar-refractivity contribution in [3.8, 4) is 0 Å². The van der Waals surface area contributed by atoms with Crippen LogP contribution in [0.25, 0.3) is 0 Å². The first-order valence-corrected chi connectivity index (χ1v) is 7.65. The SMILES string of the molecule is Cc1nc(N2CCCN(CC3CC3)C2=O)sc1C(=O)O. The van der Waals surface area contributed by atoms with Gasteiger partial charge in [-0.05, 0) is 32.1 Å². The number of aryl methyl sites for hydroxylation is 1. The highest BCUT2D eigenvalue weighted by molar-refractivity contribution is 7.17. The minimum atomic E-state index is -0.981. The van der Waals surface area contributed by atoms with Gasteiger partial charge in [-0.3, -0.25) is 4.90 Å². The summed E-state index contributed by atoms with van der Waals surface area (Å²) in [5.41, 5.74) is 0.476. The number of anilines is 1. The highest BCUT2D eigenvalue weighted by atomic mass is 32.1. The van der Waals surface area contributed by atoms with Crippen LogP contribution in [0.3, 0.4) is 0 Å². The Labute approximate surface area is 121 Å². The molecule has 2 amide bonds. The second-order valence-corrected chi connectivity index (χ2v) is 6.37. The molecule has 0 unspecified atom stereocenters. The molecule has 2 heterocycles. The molecule has 2 fully saturated rings. The number of aromatic carboxylic acids is 1. The van der Waals surface area contributed by atoms with Crippen LogP contribution in [0.15, 0.2) is 0 Å². The molecular weight excluding hydrogens is 278 g/mol. The van der Waals surface area contributed by atoms with E-state index in [1.54, 1.807) is 11.8 Å². The largest absolute Gasteiger partial charge is 0.477 e. The van der Waals surface area contributed by atoms with Gasteiger partial charge in [-0.2, -0.15) is 0 Å². The zero-order valence-corrected chi connectivity index (χ0v) is 12.2. The second-order valence-electron chi connectivity index (χ2n) is 5.39.